The zero-order chi connectivity index (χ0) is 40.4. The van der Waals surface area contributed by atoms with E-state index in [1.807, 2.05) is 11.1 Å². The van der Waals surface area contributed by atoms with Crippen molar-refractivity contribution in [2.24, 2.45) is 10.8 Å². The summed E-state index contributed by atoms with van der Waals surface area (Å²) in [5, 5.41) is 0.213. The molecule has 2 rings (SSSR count). The average molecular weight is 787 g/mol. The molecule has 0 saturated heterocycles. The number of hydrogen-bond donors (Lipinski definition) is 0. The van der Waals surface area contributed by atoms with E-state index < -0.39 is 15.9 Å². The van der Waals surface area contributed by atoms with Crippen LogP contribution in [0.25, 0.3) is 0 Å². The van der Waals surface area contributed by atoms with Gasteiger partial charge in [0.2, 0.25) is 0 Å². The molecule has 0 aromatic heterocycles. The zero-order valence-corrected chi connectivity index (χ0v) is 39.8. The minimum Gasteiger partial charge on any atom is -0.772 e. The van der Waals surface area contributed by atoms with Gasteiger partial charge in [-0.2, -0.15) is 0 Å². The Hall–Kier alpha value is -0.550. The highest BCUT2D eigenvalue weighted by Crippen LogP contribution is 2.78. The van der Waals surface area contributed by atoms with Crippen LogP contribution in [-0.2, 0) is 4.57 Å². The van der Waals surface area contributed by atoms with Gasteiger partial charge in [-0.25, -0.2) is 0 Å². The van der Waals surface area contributed by atoms with Gasteiger partial charge in [0.1, 0.15) is 5.16 Å². The van der Waals surface area contributed by atoms with Crippen LogP contribution in [0.15, 0.2) is 46.6 Å². The third-order valence-corrected chi connectivity index (χ3v) is 18.8. The van der Waals surface area contributed by atoms with Crippen LogP contribution in [0.3, 0.4) is 0 Å². The van der Waals surface area contributed by atoms with Gasteiger partial charge in [-0.05, 0) is 100 Å². The van der Waals surface area contributed by atoms with Crippen molar-refractivity contribution >= 4 is 15.9 Å². The lowest BCUT2D eigenvalue weighted by Gasteiger charge is -2.51. The molecule has 2 aliphatic rings. The van der Waals surface area contributed by atoms with E-state index in [9.17, 15) is 0 Å². The second-order valence-electron chi connectivity index (χ2n) is 19.1. The first-order valence-corrected chi connectivity index (χ1v) is 26.5. The summed E-state index contributed by atoms with van der Waals surface area (Å²) in [6.45, 7) is 24.6. The predicted octanol–water partition coefficient (Wildman–Crippen LogP) is 17.3. The number of unbranched alkanes of at least 4 members (excludes halogenated alkanes) is 19. The Morgan fingerprint density at radius 2 is 0.815 bits per heavy atom. The number of allylic oxidation sites excluding steroid dienone is 8. The summed E-state index contributed by atoms with van der Waals surface area (Å²) >= 11 is 0. The van der Waals surface area contributed by atoms with Gasteiger partial charge in [-0.15, -0.1) is 0 Å². The fourth-order valence-electron chi connectivity index (χ4n) is 10.2. The molecular formula is C50H92O2P2. The van der Waals surface area contributed by atoms with E-state index in [1.54, 1.807) is 11.1 Å². The largest absolute Gasteiger partial charge is 0.772 e. The Kier molecular flexibility index (Phi) is 27.4. The molecule has 0 N–H and O–H groups in total. The molecule has 0 atom stereocenters. The van der Waals surface area contributed by atoms with Crippen molar-refractivity contribution in [1.82, 2.24) is 0 Å². The molecule has 0 saturated carbocycles. The summed E-state index contributed by atoms with van der Waals surface area (Å²) in [6.07, 6.45) is 51.8. The molecule has 0 aliphatic heterocycles. The van der Waals surface area contributed by atoms with Gasteiger partial charge < -0.3 is 4.89 Å². The van der Waals surface area contributed by atoms with E-state index in [0.29, 0.717) is 0 Å². The van der Waals surface area contributed by atoms with Gasteiger partial charge in [-0.3, -0.25) is 4.57 Å². The molecule has 0 radical (unpaired) electrons. The maximum atomic E-state index is 8.35. The SMILES string of the molecule is CCCCCCCCCCCCCC(C1=C(C)CC(C)(C)C=C1)(C1=C(C)CC(C)(C)C=C1)[P+](CCCCCC)(CCCCCC)CCCCCC.O=P[O-]. The molecule has 0 aromatic carbocycles. The van der Waals surface area contributed by atoms with Gasteiger partial charge in [0.25, 0.3) is 0 Å². The highest BCUT2D eigenvalue weighted by atomic mass is 31.2. The quantitative estimate of drug-likeness (QED) is 0.0537. The van der Waals surface area contributed by atoms with Crippen LogP contribution in [0.1, 0.15) is 236 Å². The second-order valence-corrected chi connectivity index (χ2v) is 23.6. The second kappa shape index (κ2) is 28.8. The molecule has 314 valence electrons. The Labute approximate surface area is 341 Å². The Morgan fingerprint density at radius 3 is 1.11 bits per heavy atom. The Bertz CT molecular complexity index is 1040. The van der Waals surface area contributed by atoms with E-state index >= 15 is 0 Å². The van der Waals surface area contributed by atoms with Crippen molar-refractivity contribution in [2.45, 2.75) is 241 Å². The van der Waals surface area contributed by atoms with Crippen molar-refractivity contribution in [3.63, 3.8) is 0 Å². The monoisotopic (exact) mass is 787 g/mol. The number of rotatable bonds is 30. The molecule has 54 heavy (non-hydrogen) atoms. The summed E-state index contributed by atoms with van der Waals surface area (Å²) < 4.78 is 8.35. The molecule has 0 spiro atoms. The molecule has 4 heteroatoms. The molecule has 0 aromatic rings. The molecule has 0 bridgehead atoms. The summed E-state index contributed by atoms with van der Waals surface area (Å²) in [5.74, 6) is 0. The van der Waals surface area contributed by atoms with E-state index in [0.717, 1.165) is 0 Å². The van der Waals surface area contributed by atoms with Gasteiger partial charge in [-0.1, -0.05) is 194 Å². The van der Waals surface area contributed by atoms with Gasteiger partial charge in [0.05, 0.1) is 27.2 Å². The van der Waals surface area contributed by atoms with Crippen LogP contribution in [-0.4, -0.2) is 23.6 Å². The normalized spacial score (nSPS) is 17.0. The first-order valence-electron chi connectivity index (χ1n) is 23.5. The van der Waals surface area contributed by atoms with E-state index in [-0.39, 0.29) is 16.0 Å². The molecule has 2 aliphatic carbocycles. The standard InChI is InChI=1S/C50H92P.HO2P/c1-11-15-19-23-24-25-26-27-28-29-30-36-50(46-34-37-48(7,8)42-44(46)5,47-35-38-49(9,10)43-45(47)6)51(39-31-20-16-12-2,40-32-21-17-13-3)41-33-22-18-14-4;1-3-2/h34-35,37-38H,11-33,36,39-43H2,1-10H3;(H,1,2)/q+1;/p-1. The van der Waals surface area contributed by atoms with Crippen LogP contribution in [0.4, 0.5) is 0 Å². The molecule has 0 unspecified atom stereocenters. The highest BCUT2D eigenvalue weighted by molar-refractivity contribution is 7.77. The van der Waals surface area contributed by atoms with Crippen molar-refractivity contribution in [3.8, 4) is 0 Å². The van der Waals surface area contributed by atoms with Crippen LogP contribution in [0, 0.1) is 10.8 Å². The van der Waals surface area contributed by atoms with Crippen LogP contribution < -0.4 is 4.89 Å². The fraction of sp³-hybridized carbons (Fsp3) is 0.840. The lowest BCUT2D eigenvalue weighted by atomic mass is 9.70. The zero-order valence-electron chi connectivity index (χ0n) is 38.0. The lowest BCUT2D eigenvalue weighted by molar-refractivity contribution is -0.154. The lowest BCUT2D eigenvalue weighted by Crippen LogP contribution is -2.43. The van der Waals surface area contributed by atoms with Crippen LogP contribution in [0.5, 0.6) is 0 Å². The van der Waals surface area contributed by atoms with E-state index in [4.69, 9.17) is 9.46 Å². The number of hydrogen-bond acceptors (Lipinski definition) is 2. The van der Waals surface area contributed by atoms with Gasteiger partial charge in [0.15, 0.2) is 0 Å². The van der Waals surface area contributed by atoms with Gasteiger partial charge >= 0.3 is 0 Å². The third-order valence-electron chi connectivity index (χ3n) is 12.9. The van der Waals surface area contributed by atoms with Crippen molar-refractivity contribution in [3.05, 3.63) is 46.6 Å². The molecule has 0 amide bonds. The predicted molar refractivity (Wildman–Crippen MR) is 246 cm³/mol. The van der Waals surface area contributed by atoms with Crippen LogP contribution >= 0.6 is 15.9 Å². The van der Waals surface area contributed by atoms with Crippen LogP contribution in [0.2, 0.25) is 0 Å². The maximum Gasteiger partial charge on any atom is 0.129 e. The summed E-state index contributed by atoms with van der Waals surface area (Å²) in [7, 11) is -2.53. The van der Waals surface area contributed by atoms with Gasteiger partial charge in [0, 0.05) is 7.26 Å². The topological polar surface area (TPSA) is 40.1 Å². The molecule has 0 heterocycles. The smallest absolute Gasteiger partial charge is 0.129 e. The van der Waals surface area contributed by atoms with Crippen molar-refractivity contribution in [1.29, 1.82) is 0 Å². The molecule has 0 fully saturated rings. The fourth-order valence-corrected chi connectivity index (χ4v) is 16.7. The highest BCUT2D eigenvalue weighted by Gasteiger charge is 2.60. The molecular weight excluding hydrogens is 694 g/mol. The summed E-state index contributed by atoms with van der Waals surface area (Å²) in [4.78, 5) is 8.35. The third kappa shape index (κ3) is 17.9. The Balaban J connectivity index is 0.00000469. The minimum absolute atomic E-state index is 0.213. The van der Waals surface area contributed by atoms with E-state index in [1.165, 1.54) is 185 Å². The molecule has 2 nitrogen and oxygen atoms in total. The average Bonchev–Trinajstić information content (AvgIpc) is 3.11. The summed E-state index contributed by atoms with van der Waals surface area (Å²) in [6, 6.07) is 0. The summed E-state index contributed by atoms with van der Waals surface area (Å²) in [5.41, 5.74) is 7.58. The van der Waals surface area contributed by atoms with Crippen molar-refractivity contribution in [2.75, 3.05) is 18.5 Å². The Morgan fingerprint density at radius 1 is 0.537 bits per heavy atom. The minimum atomic E-state index is -1.45. The van der Waals surface area contributed by atoms with Crippen molar-refractivity contribution < 1.29 is 9.46 Å². The maximum absolute atomic E-state index is 8.35. The first-order chi connectivity index (χ1) is 25.9. The first kappa shape index (κ1) is 51.5. The van der Waals surface area contributed by atoms with E-state index in [2.05, 4.69) is 93.5 Å².